The Morgan fingerprint density at radius 2 is 2.20 bits per heavy atom. The number of ether oxygens (including phenoxy) is 2. The maximum atomic E-state index is 11.8. The van der Waals surface area contributed by atoms with Crippen molar-refractivity contribution in [2.45, 2.75) is 45.8 Å². The molecule has 3 heteroatoms. The number of hydrogen-bond donors (Lipinski definition) is 0. The van der Waals surface area contributed by atoms with Crippen molar-refractivity contribution in [1.82, 2.24) is 0 Å². The molecule has 2 rings (SSSR count). The number of carbonyl (C=O) groups excluding carboxylic acids is 1. The third kappa shape index (κ3) is 2.33. The van der Waals surface area contributed by atoms with Gasteiger partial charge in [0.1, 0.15) is 0 Å². The van der Waals surface area contributed by atoms with Gasteiger partial charge in [0.25, 0.3) is 0 Å². The summed E-state index contributed by atoms with van der Waals surface area (Å²) in [6.07, 6.45) is 4.43. The zero-order chi connectivity index (χ0) is 10.8. The van der Waals surface area contributed by atoms with E-state index in [1.807, 2.05) is 6.92 Å². The van der Waals surface area contributed by atoms with Crippen molar-refractivity contribution in [2.24, 2.45) is 17.8 Å². The Morgan fingerprint density at radius 1 is 1.40 bits per heavy atom. The monoisotopic (exact) mass is 212 g/mol. The molecular weight excluding hydrogens is 192 g/mol. The molecule has 2 aliphatic carbocycles. The average molecular weight is 212 g/mol. The number of hydrogen-bond acceptors (Lipinski definition) is 3. The van der Waals surface area contributed by atoms with Gasteiger partial charge in [0.15, 0.2) is 6.29 Å². The molecule has 3 nitrogen and oxygen atoms in total. The van der Waals surface area contributed by atoms with E-state index in [0.717, 1.165) is 12.3 Å². The predicted octanol–water partition coefficient (Wildman–Crippen LogP) is 2.35. The summed E-state index contributed by atoms with van der Waals surface area (Å²) in [5, 5.41) is 0. The van der Waals surface area contributed by atoms with Gasteiger partial charge in [-0.3, -0.25) is 4.79 Å². The molecule has 15 heavy (non-hydrogen) atoms. The van der Waals surface area contributed by atoms with E-state index in [-0.39, 0.29) is 18.2 Å². The molecule has 0 aromatic heterocycles. The molecule has 4 atom stereocenters. The van der Waals surface area contributed by atoms with Gasteiger partial charge in [-0.05, 0) is 44.9 Å². The van der Waals surface area contributed by atoms with E-state index >= 15 is 0 Å². The topological polar surface area (TPSA) is 35.5 Å². The molecule has 4 unspecified atom stereocenters. The Labute approximate surface area is 91.1 Å². The largest absolute Gasteiger partial charge is 0.436 e. The van der Waals surface area contributed by atoms with Crippen molar-refractivity contribution in [2.75, 3.05) is 6.61 Å². The summed E-state index contributed by atoms with van der Waals surface area (Å²) in [4.78, 5) is 11.8. The molecule has 0 saturated heterocycles. The third-order valence-electron chi connectivity index (χ3n) is 3.72. The van der Waals surface area contributed by atoms with Crippen LogP contribution in [0, 0.1) is 17.8 Å². The number of rotatable bonds is 4. The molecule has 0 N–H and O–H groups in total. The van der Waals surface area contributed by atoms with Gasteiger partial charge in [-0.2, -0.15) is 0 Å². The predicted molar refractivity (Wildman–Crippen MR) is 56.1 cm³/mol. The molecule has 2 bridgehead atoms. The van der Waals surface area contributed by atoms with Gasteiger partial charge in [0.05, 0.1) is 5.92 Å². The maximum Gasteiger partial charge on any atom is 0.311 e. The highest BCUT2D eigenvalue weighted by Crippen LogP contribution is 2.48. The highest BCUT2D eigenvalue weighted by atomic mass is 16.7. The molecule has 2 aliphatic rings. The lowest BCUT2D eigenvalue weighted by atomic mass is 9.89. The van der Waals surface area contributed by atoms with Crippen molar-refractivity contribution in [3.63, 3.8) is 0 Å². The highest BCUT2D eigenvalue weighted by molar-refractivity contribution is 5.73. The van der Waals surface area contributed by atoms with Crippen LogP contribution in [0.2, 0.25) is 0 Å². The van der Waals surface area contributed by atoms with Gasteiger partial charge in [-0.25, -0.2) is 0 Å². The third-order valence-corrected chi connectivity index (χ3v) is 3.72. The summed E-state index contributed by atoms with van der Waals surface area (Å²) < 4.78 is 10.5. The van der Waals surface area contributed by atoms with Gasteiger partial charge < -0.3 is 9.47 Å². The van der Waals surface area contributed by atoms with Gasteiger partial charge in [0.2, 0.25) is 0 Å². The highest BCUT2D eigenvalue weighted by Gasteiger charge is 2.44. The summed E-state index contributed by atoms with van der Waals surface area (Å²) in [5.74, 6) is 1.50. The first-order valence-electron chi connectivity index (χ1n) is 6.02. The van der Waals surface area contributed by atoms with Crippen LogP contribution in [0.3, 0.4) is 0 Å². The Balaban J connectivity index is 1.81. The van der Waals surface area contributed by atoms with Crippen LogP contribution in [0.4, 0.5) is 0 Å². The molecule has 0 aromatic carbocycles. The van der Waals surface area contributed by atoms with Crippen LogP contribution in [0.25, 0.3) is 0 Å². The lowest BCUT2D eigenvalue weighted by Crippen LogP contribution is -2.27. The first-order valence-corrected chi connectivity index (χ1v) is 6.02. The average Bonchev–Trinajstić information content (AvgIpc) is 2.78. The van der Waals surface area contributed by atoms with Crippen LogP contribution < -0.4 is 0 Å². The van der Waals surface area contributed by atoms with Crippen molar-refractivity contribution < 1.29 is 14.3 Å². The van der Waals surface area contributed by atoms with Gasteiger partial charge in [0, 0.05) is 6.61 Å². The van der Waals surface area contributed by atoms with E-state index < -0.39 is 0 Å². The van der Waals surface area contributed by atoms with Crippen molar-refractivity contribution in [3.8, 4) is 0 Å². The molecule has 0 aromatic rings. The first-order chi connectivity index (χ1) is 7.20. The summed E-state index contributed by atoms with van der Waals surface area (Å²) >= 11 is 0. The van der Waals surface area contributed by atoms with E-state index in [4.69, 9.17) is 9.47 Å². The van der Waals surface area contributed by atoms with E-state index in [1.54, 1.807) is 6.92 Å². The molecular formula is C12H20O3. The standard InChI is InChI=1S/C12H20O3/c1-3-14-8(2)15-12(13)11-7-9-4-5-10(11)6-9/h8-11H,3-7H2,1-2H3. The van der Waals surface area contributed by atoms with Crippen LogP contribution in [0.5, 0.6) is 0 Å². The van der Waals surface area contributed by atoms with E-state index in [0.29, 0.717) is 12.5 Å². The molecule has 86 valence electrons. The SMILES string of the molecule is CCOC(C)OC(=O)C1CC2CCC1C2. The number of fused-ring (bicyclic) bond motifs is 2. The van der Waals surface area contributed by atoms with Crippen molar-refractivity contribution >= 4 is 5.97 Å². The van der Waals surface area contributed by atoms with Crippen LogP contribution >= 0.6 is 0 Å². The molecule has 2 saturated carbocycles. The Bertz CT molecular complexity index is 239. The van der Waals surface area contributed by atoms with Crippen LogP contribution in [-0.2, 0) is 14.3 Å². The summed E-state index contributed by atoms with van der Waals surface area (Å²) in [6.45, 7) is 4.28. The number of carbonyl (C=O) groups is 1. The number of esters is 1. The molecule has 0 radical (unpaired) electrons. The maximum absolute atomic E-state index is 11.8. The van der Waals surface area contributed by atoms with Gasteiger partial charge in [-0.15, -0.1) is 0 Å². The van der Waals surface area contributed by atoms with E-state index in [9.17, 15) is 4.79 Å². The van der Waals surface area contributed by atoms with E-state index in [1.165, 1.54) is 19.3 Å². The smallest absolute Gasteiger partial charge is 0.311 e. The Kier molecular flexibility index (Phi) is 3.29. The second-order valence-corrected chi connectivity index (χ2v) is 4.74. The van der Waals surface area contributed by atoms with Gasteiger partial charge in [-0.1, -0.05) is 6.42 Å². The molecule has 0 aliphatic heterocycles. The fourth-order valence-corrected chi connectivity index (χ4v) is 3.05. The lowest BCUT2D eigenvalue weighted by molar-refractivity contribution is -0.180. The molecule has 0 heterocycles. The summed E-state index contributed by atoms with van der Waals surface area (Å²) in [6, 6.07) is 0. The minimum absolute atomic E-state index is 0.0387. The first kappa shape index (κ1) is 10.9. The van der Waals surface area contributed by atoms with Crippen LogP contribution in [0.1, 0.15) is 39.5 Å². The summed E-state index contributed by atoms with van der Waals surface area (Å²) in [5.41, 5.74) is 0. The fraction of sp³-hybridized carbons (Fsp3) is 0.917. The van der Waals surface area contributed by atoms with Crippen LogP contribution in [0.15, 0.2) is 0 Å². The molecule has 2 fully saturated rings. The second kappa shape index (κ2) is 4.52. The lowest BCUT2D eigenvalue weighted by Gasteiger charge is -2.22. The Morgan fingerprint density at radius 3 is 2.73 bits per heavy atom. The minimum atomic E-state index is -0.387. The molecule has 0 amide bonds. The summed E-state index contributed by atoms with van der Waals surface area (Å²) in [7, 11) is 0. The van der Waals surface area contributed by atoms with Crippen LogP contribution in [-0.4, -0.2) is 18.9 Å². The van der Waals surface area contributed by atoms with Crippen molar-refractivity contribution in [1.29, 1.82) is 0 Å². The molecule has 0 spiro atoms. The normalized spacial score (nSPS) is 35.5. The van der Waals surface area contributed by atoms with E-state index in [2.05, 4.69) is 0 Å². The quantitative estimate of drug-likeness (QED) is 0.530. The second-order valence-electron chi connectivity index (χ2n) is 4.74. The van der Waals surface area contributed by atoms with Crippen molar-refractivity contribution in [3.05, 3.63) is 0 Å². The van der Waals surface area contributed by atoms with Gasteiger partial charge >= 0.3 is 5.97 Å². The zero-order valence-corrected chi connectivity index (χ0v) is 9.57. The minimum Gasteiger partial charge on any atom is -0.436 e. The zero-order valence-electron chi connectivity index (χ0n) is 9.57. The fourth-order valence-electron chi connectivity index (χ4n) is 3.05. The Hall–Kier alpha value is -0.570.